The summed E-state index contributed by atoms with van der Waals surface area (Å²) < 4.78 is 194. The van der Waals surface area contributed by atoms with Crippen LogP contribution in [0, 0.1) is 0 Å². The average Bonchev–Trinajstić information content (AvgIpc) is 3.34. The number of hydrogen-bond donors (Lipinski definition) is 0. The van der Waals surface area contributed by atoms with Crippen molar-refractivity contribution >= 4 is 53.9 Å². The summed E-state index contributed by atoms with van der Waals surface area (Å²) in [5.41, 5.74) is -1.73. The minimum absolute atomic E-state index is 0.159. The van der Waals surface area contributed by atoms with E-state index in [-0.39, 0.29) is 22.3 Å². The minimum Gasteiger partial charge on any atom is -0.0616 e. The molecule has 10 rings (SSSR count). The Morgan fingerprint density at radius 1 is 0.250 bits per heavy atom. The zero-order valence-corrected chi connectivity index (χ0v) is 24.6. The van der Waals surface area contributed by atoms with Gasteiger partial charge >= 0.3 is 0 Å². The Balaban J connectivity index is 1.21. The van der Waals surface area contributed by atoms with Crippen LogP contribution in [-0.2, 0) is 0 Å². The quantitative estimate of drug-likeness (QED) is 0.170. The van der Waals surface area contributed by atoms with E-state index < -0.39 is 177 Å². The maximum absolute atomic E-state index is 9.34. The van der Waals surface area contributed by atoms with Crippen molar-refractivity contribution in [1.82, 2.24) is 0 Å². The molecule has 0 aliphatic rings. The second-order valence-corrected chi connectivity index (χ2v) is 11.1. The van der Waals surface area contributed by atoms with Gasteiger partial charge < -0.3 is 0 Å². The number of fused-ring (bicyclic) bond motifs is 2. The summed E-state index contributed by atoms with van der Waals surface area (Å²) >= 11 is 0. The summed E-state index contributed by atoms with van der Waals surface area (Å²) in [5.74, 6) is 0. The lowest BCUT2D eigenvalue weighted by molar-refractivity contribution is 1.62. The van der Waals surface area contributed by atoms with Crippen molar-refractivity contribution in [3.05, 3.63) is 181 Å². The number of benzene rings is 10. The molecule has 0 atom stereocenters. The summed E-state index contributed by atoms with van der Waals surface area (Å²) in [7, 11) is 0. The standard InChI is InChI=1S/C48H30/c1-3-11-39-31(7-1)9-5-13-41(39)33-15-19-35(20-16-33)43-27-23-37-26-30-46-44(28-24-38-25-29-45(43)47(37)48(38)46)36-21-17-34(18-22-36)42-14-6-10-32-8-2-4-12-40(32)42/h1-30H/i1D,2D,3D,4D,5D,6D,7D,8D,9D,10D,11D,12D,13D,14D,15D,16D,17D,18D,19D,20D,21D,22D. The summed E-state index contributed by atoms with van der Waals surface area (Å²) in [4.78, 5) is 0. The third-order valence-electron chi connectivity index (χ3n) is 8.58. The van der Waals surface area contributed by atoms with E-state index in [9.17, 15) is 11.0 Å². The Morgan fingerprint density at radius 2 is 0.604 bits per heavy atom. The smallest absolute Gasteiger partial charge is 0.0616 e. The molecule has 0 aliphatic heterocycles. The highest BCUT2D eigenvalue weighted by atomic mass is 14.2. The molecule has 10 aromatic carbocycles. The molecule has 48 heavy (non-hydrogen) atoms. The van der Waals surface area contributed by atoms with Crippen LogP contribution in [0.15, 0.2) is 181 Å². The van der Waals surface area contributed by atoms with E-state index in [0.29, 0.717) is 32.3 Å². The van der Waals surface area contributed by atoms with Gasteiger partial charge in [-0.3, -0.25) is 0 Å². The second-order valence-electron chi connectivity index (χ2n) is 11.1. The zero-order valence-electron chi connectivity index (χ0n) is 46.6. The molecule has 0 heterocycles. The molecule has 0 saturated heterocycles. The van der Waals surface area contributed by atoms with Crippen molar-refractivity contribution in [2.75, 3.05) is 0 Å². The van der Waals surface area contributed by atoms with Crippen molar-refractivity contribution in [1.29, 1.82) is 0 Å². The lowest BCUT2D eigenvalue weighted by Crippen LogP contribution is -1.90. The molecule has 0 saturated carbocycles. The predicted molar refractivity (Wildman–Crippen MR) is 207 cm³/mol. The molecule has 0 aliphatic carbocycles. The van der Waals surface area contributed by atoms with Crippen LogP contribution in [0.5, 0.6) is 0 Å². The third-order valence-corrected chi connectivity index (χ3v) is 8.58. The molecule has 0 heteroatoms. The van der Waals surface area contributed by atoms with Gasteiger partial charge in [0.2, 0.25) is 0 Å². The summed E-state index contributed by atoms with van der Waals surface area (Å²) in [6, 6.07) is -1.09. The maximum Gasteiger partial charge on any atom is 0.0629 e. The van der Waals surface area contributed by atoms with Gasteiger partial charge in [0, 0.05) is 0 Å². The van der Waals surface area contributed by atoms with E-state index in [0.717, 1.165) is 0 Å². The van der Waals surface area contributed by atoms with E-state index in [2.05, 4.69) is 0 Å². The summed E-state index contributed by atoms with van der Waals surface area (Å²) in [6.07, 6.45) is 0. The lowest BCUT2D eigenvalue weighted by Gasteiger charge is -2.17. The van der Waals surface area contributed by atoms with E-state index in [1.54, 1.807) is 48.5 Å². The maximum atomic E-state index is 9.34. The van der Waals surface area contributed by atoms with Gasteiger partial charge in [0.1, 0.15) is 0 Å². The van der Waals surface area contributed by atoms with Gasteiger partial charge in [0.15, 0.2) is 0 Å². The zero-order chi connectivity index (χ0) is 50.8. The first kappa shape index (κ1) is 13.1. The average molecular weight is 629 g/mol. The molecule has 0 unspecified atom stereocenters. The molecule has 0 aromatic heterocycles. The van der Waals surface area contributed by atoms with E-state index in [1.165, 1.54) is 0 Å². The van der Waals surface area contributed by atoms with Crippen LogP contribution >= 0.6 is 0 Å². The van der Waals surface area contributed by atoms with Gasteiger partial charge in [-0.15, -0.1) is 0 Å². The van der Waals surface area contributed by atoms with Gasteiger partial charge in [-0.25, -0.2) is 0 Å². The van der Waals surface area contributed by atoms with Crippen molar-refractivity contribution in [2.24, 2.45) is 0 Å². The van der Waals surface area contributed by atoms with Crippen LogP contribution in [0.25, 0.3) is 98.4 Å². The second kappa shape index (κ2) is 10.7. The van der Waals surface area contributed by atoms with Crippen LogP contribution in [0.3, 0.4) is 0 Å². The molecule has 222 valence electrons. The van der Waals surface area contributed by atoms with Crippen LogP contribution < -0.4 is 0 Å². The number of hydrogen-bond acceptors (Lipinski definition) is 0. The fourth-order valence-corrected chi connectivity index (χ4v) is 6.38. The normalized spacial score (nSPS) is 18.2. The highest BCUT2D eigenvalue weighted by Crippen LogP contribution is 2.43. The summed E-state index contributed by atoms with van der Waals surface area (Å²) in [6.45, 7) is 0. The highest BCUT2D eigenvalue weighted by Gasteiger charge is 2.15. The van der Waals surface area contributed by atoms with Gasteiger partial charge in [-0.1, -0.05) is 181 Å². The molecule has 0 fully saturated rings. The molecular weight excluding hydrogens is 577 g/mol. The van der Waals surface area contributed by atoms with Gasteiger partial charge in [0.05, 0.1) is 30.2 Å². The SMILES string of the molecule is [2H]c1c([2H])c(-c2c([2H])c([2H])c([2H])c3c([2H])c([2H])c([2H])c([2H])c23)c([2H])c([2H])c1-c1ccc2ccc3c(-c4c([2H])c([2H])c(-c5c([2H])c([2H])c([2H])c6c([2H])c([2H])c([2H])c([2H])c56)c([2H])c4[2H])ccc4ccc1c2c43. The first-order valence-electron chi connectivity index (χ1n) is 25.9. The van der Waals surface area contributed by atoms with Crippen molar-refractivity contribution in [3.63, 3.8) is 0 Å². The molecule has 0 radical (unpaired) electrons. The Bertz CT molecular complexity index is 3750. The van der Waals surface area contributed by atoms with E-state index in [1.807, 2.05) is 0 Å². The Hall–Kier alpha value is -6.24. The molecule has 0 spiro atoms. The first-order valence-corrected chi connectivity index (χ1v) is 14.9. The molecule has 0 amide bonds. The van der Waals surface area contributed by atoms with Crippen LogP contribution in [0.4, 0.5) is 0 Å². The van der Waals surface area contributed by atoms with Crippen molar-refractivity contribution in [2.45, 2.75) is 0 Å². The first-order chi connectivity index (χ1) is 33.0. The van der Waals surface area contributed by atoms with Crippen LogP contribution in [0.2, 0.25) is 0 Å². The van der Waals surface area contributed by atoms with Gasteiger partial charge in [0.25, 0.3) is 0 Å². The van der Waals surface area contributed by atoms with Crippen LogP contribution in [0.1, 0.15) is 30.2 Å². The molecule has 0 nitrogen and oxygen atoms in total. The predicted octanol–water partition coefficient (Wildman–Crippen LogP) is 13.6. The minimum atomic E-state index is -0.736. The van der Waals surface area contributed by atoms with Crippen LogP contribution in [-0.4, -0.2) is 0 Å². The highest BCUT2D eigenvalue weighted by molar-refractivity contribution is 6.27. The molecule has 0 N–H and O–H groups in total. The fraction of sp³-hybridized carbons (Fsp3) is 0. The molecule has 10 aromatic rings. The Morgan fingerprint density at radius 3 is 1.04 bits per heavy atom. The molecular formula is C48H30. The van der Waals surface area contributed by atoms with Crippen molar-refractivity contribution < 1.29 is 30.2 Å². The lowest BCUT2D eigenvalue weighted by atomic mass is 9.86. The third kappa shape index (κ3) is 4.16. The van der Waals surface area contributed by atoms with Crippen molar-refractivity contribution in [3.8, 4) is 44.5 Å². The number of rotatable bonds is 4. The van der Waals surface area contributed by atoms with E-state index in [4.69, 9.17) is 19.2 Å². The fourth-order valence-electron chi connectivity index (χ4n) is 6.38. The largest absolute Gasteiger partial charge is 0.0629 e. The van der Waals surface area contributed by atoms with Gasteiger partial charge in [-0.2, -0.15) is 0 Å². The van der Waals surface area contributed by atoms with E-state index >= 15 is 0 Å². The monoisotopic (exact) mass is 628 g/mol. The topological polar surface area (TPSA) is 0 Å². The Labute approximate surface area is 310 Å². The summed E-state index contributed by atoms with van der Waals surface area (Å²) in [5, 5.41) is 1.77. The molecule has 0 bridgehead atoms. The Kier molecular flexibility index (Phi) is 2.91. The van der Waals surface area contributed by atoms with Gasteiger partial charge in [-0.05, 0) is 98.4 Å².